The van der Waals surface area contributed by atoms with E-state index < -0.39 is 0 Å². The van der Waals surface area contributed by atoms with Gasteiger partial charge in [0.05, 0.1) is 0 Å². The maximum atomic E-state index is 10.8. The van der Waals surface area contributed by atoms with Gasteiger partial charge in [-0.3, -0.25) is 0 Å². The fourth-order valence-electron chi connectivity index (χ4n) is 5.31. The number of hydrogen-bond acceptors (Lipinski definition) is 2. The molecule has 0 amide bonds. The predicted molar refractivity (Wildman–Crippen MR) is 176 cm³/mol. The smallest absolute Gasteiger partial charge is 0.129 e. The third-order valence-corrected chi connectivity index (χ3v) is 8.01. The van der Waals surface area contributed by atoms with Crippen LogP contribution in [0.1, 0.15) is 227 Å². The van der Waals surface area contributed by atoms with Gasteiger partial charge in [-0.25, -0.2) is 0 Å². The van der Waals surface area contributed by atoms with Crippen molar-refractivity contribution < 1.29 is 9.59 Å². The maximum Gasteiger partial charge on any atom is 0.129 e. The quantitative estimate of drug-likeness (QED) is 0.0804. The second-order valence-corrected chi connectivity index (χ2v) is 12.4. The molecule has 0 saturated heterocycles. The Hall–Kier alpha value is -0.660. The molecule has 0 saturated carbocycles. The molecule has 0 unspecified atom stereocenters. The first-order valence-electron chi connectivity index (χ1n) is 18.0. The lowest BCUT2D eigenvalue weighted by Crippen LogP contribution is -1.89. The third kappa shape index (κ3) is 44.6. The minimum Gasteiger partial charge on any atom is -0.300 e. The molecule has 0 aromatic rings. The van der Waals surface area contributed by atoms with E-state index in [0.29, 0.717) is 11.6 Å². The molecule has 2 heteroatoms. The van der Waals surface area contributed by atoms with E-state index in [2.05, 4.69) is 13.8 Å². The first kappa shape index (κ1) is 40.5. The Kier molecular flexibility index (Phi) is 38.8. The number of hydrogen-bond donors (Lipinski definition) is 0. The molecule has 0 rings (SSSR count). The number of unbranched alkanes of at least 4 members (excludes halogenated alkanes) is 27. The topological polar surface area (TPSA) is 34.1 Å². The largest absolute Gasteiger partial charge is 0.300 e. The van der Waals surface area contributed by atoms with E-state index in [-0.39, 0.29) is 0 Å². The number of ketones is 2. The van der Waals surface area contributed by atoms with E-state index in [1.54, 1.807) is 13.8 Å². The normalized spacial score (nSPS) is 10.9. The molecule has 0 atom stereocenters. The average Bonchev–Trinajstić information content (AvgIpc) is 2.91. The molecule has 0 aliphatic heterocycles. The first-order chi connectivity index (χ1) is 19.0. The Morgan fingerprint density at radius 1 is 0.282 bits per heavy atom. The van der Waals surface area contributed by atoms with E-state index in [0.717, 1.165) is 25.7 Å². The molecule has 39 heavy (non-hydrogen) atoms. The Bertz CT molecular complexity index is 470. The summed E-state index contributed by atoms with van der Waals surface area (Å²) < 4.78 is 0. The molecule has 0 N–H and O–H groups in total. The van der Waals surface area contributed by atoms with Gasteiger partial charge in [0, 0.05) is 12.8 Å². The van der Waals surface area contributed by atoms with Gasteiger partial charge in [0.15, 0.2) is 0 Å². The maximum absolute atomic E-state index is 10.8. The van der Waals surface area contributed by atoms with Crippen molar-refractivity contribution >= 4 is 11.6 Å². The molecule has 2 nitrogen and oxygen atoms in total. The van der Waals surface area contributed by atoms with Crippen molar-refractivity contribution in [1.29, 1.82) is 0 Å². The van der Waals surface area contributed by atoms with Crippen molar-refractivity contribution in [2.75, 3.05) is 0 Å². The lowest BCUT2D eigenvalue weighted by Gasteiger charge is -2.03. The molecule has 0 spiro atoms. The van der Waals surface area contributed by atoms with E-state index in [9.17, 15) is 9.59 Å². The van der Waals surface area contributed by atoms with Crippen LogP contribution < -0.4 is 0 Å². The Labute approximate surface area is 247 Å². The molecule has 0 aromatic carbocycles. The summed E-state index contributed by atoms with van der Waals surface area (Å²) in [5.41, 5.74) is 0. The fraction of sp³-hybridized carbons (Fsp3) is 0.946. The van der Waals surface area contributed by atoms with Gasteiger partial charge in [-0.15, -0.1) is 0 Å². The van der Waals surface area contributed by atoms with Crippen LogP contribution in [0.5, 0.6) is 0 Å². The average molecular weight is 551 g/mol. The van der Waals surface area contributed by atoms with Crippen molar-refractivity contribution in [3.63, 3.8) is 0 Å². The van der Waals surface area contributed by atoms with Gasteiger partial charge >= 0.3 is 0 Å². The standard InChI is InChI=1S/C19H38O.C18H36O/c1-3-4-5-6-7-8-9-10-11-12-13-14-15-16-17-18-19(2)20;1-3-4-5-6-7-8-9-10-11-12-13-14-15-16-17-18(2)19/h3-18H2,1-2H3;3-17H2,1-2H3. The predicted octanol–water partition coefficient (Wildman–Crippen LogP) is 13.3. The zero-order valence-corrected chi connectivity index (χ0v) is 27.7. The third-order valence-electron chi connectivity index (χ3n) is 8.01. The summed E-state index contributed by atoms with van der Waals surface area (Å²) in [6.07, 6.45) is 41.6. The lowest BCUT2D eigenvalue weighted by molar-refractivity contribution is -0.117. The second-order valence-electron chi connectivity index (χ2n) is 12.4. The molecule has 0 aliphatic carbocycles. The second kappa shape index (κ2) is 37.3. The summed E-state index contributed by atoms with van der Waals surface area (Å²) in [5, 5.41) is 0. The molecular weight excluding hydrogens is 476 g/mol. The molecule has 0 bridgehead atoms. The van der Waals surface area contributed by atoms with Crippen LogP contribution in [0.2, 0.25) is 0 Å². The van der Waals surface area contributed by atoms with Gasteiger partial charge in [0.25, 0.3) is 0 Å². The SMILES string of the molecule is CCCCCCCCCCCCCCCCC(C)=O.CCCCCCCCCCCCCCCCCC(C)=O. The highest BCUT2D eigenvalue weighted by Gasteiger charge is 1.97. The van der Waals surface area contributed by atoms with Crippen LogP contribution >= 0.6 is 0 Å². The van der Waals surface area contributed by atoms with Crippen LogP contribution in [0.15, 0.2) is 0 Å². The minimum absolute atomic E-state index is 0.346. The van der Waals surface area contributed by atoms with E-state index in [1.165, 1.54) is 173 Å². The van der Waals surface area contributed by atoms with Crippen molar-refractivity contribution in [2.45, 2.75) is 227 Å². The van der Waals surface area contributed by atoms with Crippen molar-refractivity contribution in [2.24, 2.45) is 0 Å². The highest BCUT2D eigenvalue weighted by atomic mass is 16.1. The number of Topliss-reactive ketones (excluding diaryl/α,β-unsaturated/α-hetero) is 2. The van der Waals surface area contributed by atoms with E-state index in [1.807, 2.05) is 0 Å². The van der Waals surface area contributed by atoms with Gasteiger partial charge in [-0.2, -0.15) is 0 Å². The van der Waals surface area contributed by atoms with Crippen LogP contribution in [-0.2, 0) is 9.59 Å². The monoisotopic (exact) mass is 551 g/mol. The van der Waals surface area contributed by atoms with E-state index >= 15 is 0 Å². The molecule has 0 aromatic heterocycles. The molecule has 0 aliphatic rings. The van der Waals surface area contributed by atoms with Crippen LogP contribution in [0, 0.1) is 0 Å². The van der Waals surface area contributed by atoms with Crippen LogP contribution in [0.4, 0.5) is 0 Å². The zero-order valence-electron chi connectivity index (χ0n) is 27.7. The summed E-state index contributed by atoms with van der Waals surface area (Å²) in [6.45, 7) is 7.95. The summed E-state index contributed by atoms with van der Waals surface area (Å²) in [7, 11) is 0. The van der Waals surface area contributed by atoms with Gasteiger partial charge < -0.3 is 9.59 Å². The van der Waals surface area contributed by atoms with Crippen molar-refractivity contribution in [3.05, 3.63) is 0 Å². The van der Waals surface area contributed by atoms with Crippen molar-refractivity contribution in [3.8, 4) is 0 Å². The van der Waals surface area contributed by atoms with Crippen LogP contribution in [0.3, 0.4) is 0 Å². The van der Waals surface area contributed by atoms with E-state index in [4.69, 9.17) is 0 Å². The lowest BCUT2D eigenvalue weighted by atomic mass is 10.0. The van der Waals surface area contributed by atoms with Crippen molar-refractivity contribution in [1.82, 2.24) is 0 Å². The Balaban J connectivity index is 0. The molecule has 0 fully saturated rings. The summed E-state index contributed by atoms with van der Waals surface area (Å²) >= 11 is 0. The van der Waals surface area contributed by atoms with Gasteiger partial charge in [0.1, 0.15) is 11.6 Å². The number of carbonyl (C=O) groups excluding carboxylic acids is 2. The van der Waals surface area contributed by atoms with Gasteiger partial charge in [-0.1, -0.05) is 187 Å². The highest BCUT2D eigenvalue weighted by Crippen LogP contribution is 2.15. The molecule has 0 radical (unpaired) electrons. The zero-order chi connectivity index (χ0) is 29.1. The fourth-order valence-corrected chi connectivity index (χ4v) is 5.31. The number of rotatable bonds is 31. The molecular formula is C37H74O2. The summed E-state index contributed by atoms with van der Waals surface area (Å²) in [6, 6.07) is 0. The van der Waals surface area contributed by atoms with Gasteiger partial charge in [0.2, 0.25) is 0 Å². The Morgan fingerprint density at radius 2 is 0.436 bits per heavy atom. The minimum atomic E-state index is 0.346. The Morgan fingerprint density at radius 3 is 0.590 bits per heavy atom. The molecule has 0 heterocycles. The van der Waals surface area contributed by atoms with Gasteiger partial charge in [-0.05, 0) is 26.7 Å². The van der Waals surface area contributed by atoms with Crippen LogP contribution in [0.25, 0.3) is 0 Å². The first-order valence-corrected chi connectivity index (χ1v) is 18.0. The highest BCUT2D eigenvalue weighted by molar-refractivity contribution is 5.75. The summed E-state index contributed by atoms with van der Waals surface area (Å²) in [4.78, 5) is 21.5. The summed E-state index contributed by atoms with van der Waals surface area (Å²) in [5.74, 6) is 0.693. The number of carbonyl (C=O) groups is 2. The molecule has 234 valence electrons. The van der Waals surface area contributed by atoms with Crippen LogP contribution in [-0.4, -0.2) is 11.6 Å².